The van der Waals surface area contributed by atoms with Gasteiger partial charge < -0.3 is 33.2 Å². The summed E-state index contributed by atoms with van der Waals surface area (Å²) in [4.78, 5) is 70.6. The Kier molecular flexibility index (Phi) is 23.0. The lowest BCUT2D eigenvalue weighted by Crippen LogP contribution is -2.15. The van der Waals surface area contributed by atoms with Gasteiger partial charge in [0, 0.05) is 37.8 Å². The number of hydrogen-bond donors (Lipinski definition) is 0. The molecule has 2 rings (SSSR count). The summed E-state index contributed by atoms with van der Waals surface area (Å²) in [6, 6.07) is 18.3. The summed E-state index contributed by atoms with van der Waals surface area (Å²) in [5, 5.41) is 0. The van der Waals surface area contributed by atoms with Crippen LogP contribution in [0.3, 0.4) is 0 Å². The van der Waals surface area contributed by atoms with Crippen LogP contribution in [0.5, 0.6) is 0 Å². The second-order valence-electron chi connectivity index (χ2n) is 10.8. The number of unbranched alkanes of at least 4 members (excludes halogenated alkanes) is 2. The van der Waals surface area contributed by atoms with E-state index in [1.54, 1.807) is 12.2 Å². The van der Waals surface area contributed by atoms with Crippen LogP contribution in [0.2, 0.25) is 0 Å². The second kappa shape index (κ2) is 27.8. The molecule has 0 N–H and O–H groups in total. The first-order chi connectivity index (χ1) is 24.8. The van der Waals surface area contributed by atoms with Crippen molar-refractivity contribution in [2.45, 2.75) is 51.4 Å². The minimum Gasteiger partial charge on any atom is -0.463 e. The van der Waals surface area contributed by atoms with Gasteiger partial charge in [0.15, 0.2) is 0 Å². The minimum atomic E-state index is -0.744. The Balaban J connectivity index is 1.30. The Morgan fingerprint density at radius 3 is 1.08 bits per heavy atom. The highest BCUT2D eigenvalue weighted by molar-refractivity contribution is 5.95. The van der Waals surface area contributed by atoms with Crippen LogP contribution in [-0.2, 0) is 61.9 Å². The second-order valence-corrected chi connectivity index (χ2v) is 10.8. The molecule has 0 aliphatic heterocycles. The third-order valence-electron chi connectivity index (χ3n) is 6.60. The monoisotopic (exact) mass is 710 g/mol. The summed E-state index contributed by atoms with van der Waals surface area (Å²) in [6.07, 6.45) is 7.39. The summed E-state index contributed by atoms with van der Waals surface area (Å²) in [6.45, 7) is 1.83. The molecule has 0 radical (unpaired) electrons. The summed E-state index contributed by atoms with van der Waals surface area (Å²) in [5.74, 6) is -3.61. The van der Waals surface area contributed by atoms with Crippen molar-refractivity contribution in [2.75, 3.05) is 52.9 Å². The standard InChI is InChI=1S/C38H46O13/c39-33(15-7-9-17-35(41)50-37(43)21-19-31-11-3-1-4-12-31)48-29-27-46-25-23-45-24-26-47-28-30-49-34(40)16-8-10-18-36(42)51-38(44)22-20-32-13-5-2-6-14-32/h1-6,11-14,19-22H,7-10,15-18,23-30H2/b21-19+,22-20+. The number of esters is 6. The van der Waals surface area contributed by atoms with Gasteiger partial charge in [-0.3, -0.25) is 19.2 Å². The maximum atomic E-state index is 11.8. The van der Waals surface area contributed by atoms with Crippen molar-refractivity contribution in [1.29, 1.82) is 0 Å². The van der Waals surface area contributed by atoms with E-state index in [4.69, 9.17) is 33.2 Å². The zero-order valence-electron chi connectivity index (χ0n) is 28.7. The van der Waals surface area contributed by atoms with Gasteiger partial charge in [0.25, 0.3) is 0 Å². The predicted octanol–water partition coefficient (Wildman–Crippen LogP) is 4.81. The van der Waals surface area contributed by atoms with Crippen LogP contribution in [0.25, 0.3) is 12.2 Å². The van der Waals surface area contributed by atoms with Gasteiger partial charge in [-0.25, -0.2) is 9.59 Å². The SMILES string of the molecule is O=C(/C=C/c1ccccc1)OC(=O)CCCCC(=O)OCCOCCOCCOCCOC(=O)CCCCC(=O)OC(=O)/C=C/c1ccccc1. The fraction of sp³-hybridized carbons (Fsp3) is 0.421. The molecule has 0 spiro atoms. The molecule has 0 amide bonds. The number of rotatable bonds is 26. The lowest BCUT2D eigenvalue weighted by atomic mass is 10.2. The lowest BCUT2D eigenvalue weighted by molar-refractivity contribution is -0.158. The van der Waals surface area contributed by atoms with Crippen LogP contribution >= 0.6 is 0 Å². The lowest BCUT2D eigenvalue weighted by Gasteiger charge is -2.08. The highest BCUT2D eigenvalue weighted by atomic mass is 16.6. The molecule has 0 heterocycles. The van der Waals surface area contributed by atoms with Crippen molar-refractivity contribution < 1.29 is 61.9 Å². The first-order valence-corrected chi connectivity index (χ1v) is 16.8. The Morgan fingerprint density at radius 2 is 0.725 bits per heavy atom. The highest BCUT2D eigenvalue weighted by Crippen LogP contribution is 2.07. The topological polar surface area (TPSA) is 167 Å². The number of hydrogen-bond acceptors (Lipinski definition) is 13. The van der Waals surface area contributed by atoms with Gasteiger partial charge in [-0.1, -0.05) is 60.7 Å². The third-order valence-corrected chi connectivity index (χ3v) is 6.60. The minimum absolute atomic E-state index is 0.0172. The summed E-state index contributed by atoms with van der Waals surface area (Å²) < 4.78 is 35.7. The van der Waals surface area contributed by atoms with Gasteiger partial charge in [-0.2, -0.15) is 0 Å². The molecule has 13 nitrogen and oxygen atoms in total. The van der Waals surface area contributed by atoms with Crippen LogP contribution in [0.4, 0.5) is 0 Å². The smallest absolute Gasteiger partial charge is 0.338 e. The van der Waals surface area contributed by atoms with Gasteiger partial charge in [0.2, 0.25) is 0 Å². The molecule has 276 valence electrons. The fourth-order valence-electron chi connectivity index (χ4n) is 4.04. The average Bonchev–Trinajstić information content (AvgIpc) is 3.13. The van der Waals surface area contributed by atoms with Crippen LogP contribution < -0.4 is 0 Å². The molecule has 0 atom stereocenters. The van der Waals surface area contributed by atoms with E-state index < -0.39 is 35.8 Å². The molecular weight excluding hydrogens is 664 g/mol. The van der Waals surface area contributed by atoms with E-state index in [-0.39, 0.29) is 52.1 Å². The average molecular weight is 711 g/mol. The largest absolute Gasteiger partial charge is 0.463 e. The van der Waals surface area contributed by atoms with E-state index in [9.17, 15) is 28.8 Å². The van der Waals surface area contributed by atoms with E-state index in [0.29, 0.717) is 52.1 Å². The van der Waals surface area contributed by atoms with Gasteiger partial charge >= 0.3 is 35.8 Å². The number of ether oxygens (including phenoxy) is 7. The van der Waals surface area contributed by atoms with E-state index in [0.717, 1.165) is 11.1 Å². The van der Waals surface area contributed by atoms with Gasteiger partial charge in [-0.15, -0.1) is 0 Å². The molecule has 51 heavy (non-hydrogen) atoms. The summed E-state index contributed by atoms with van der Waals surface area (Å²) in [5.41, 5.74) is 1.62. The molecule has 0 fully saturated rings. The van der Waals surface area contributed by atoms with Crippen LogP contribution in [0.15, 0.2) is 72.8 Å². The molecule has 13 heteroatoms. The van der Waals surface area contributed by atoms with Crippen molar-refractivity contribution in [2.24, 2.45) is 0 Å². The Morgan fingerprint density at radius 1 is 0.412 bits per heavy atom. The zero-order valence-corrected chi connectivity index (χ0v) is 28.7. The fourth-order valence-corrected chi connectivity index (χ4v) is 4.04. The normalized spacial score (nSPS) is 11.0. The molecule has 0 aliphatic rings. The molecule has 0 saturated carbocycles. The molecule has 0 aromatic heterocycles. The van der Waals surface area contributed by atoms with E-state index in [1.807, 2.05) is 60.7 Å². The molecule has 0 bridgehead atoms. The first kappa shape index (κ1) is 42.2. The van der Waals surface area contributed by atoms with Gasteiger partial charge in [0.05, 0.1) is 39.6 Å². The molecule has 0 aliphatic carbocycles. The van der Waals surface area contributed by atoms with Crippen molar-refractivity contribution in [3.63, 3.8) is 0 Å². The first-order valence-electron chi connectivity index (χ1n) is 16.8. The number of carbonyl (C=O) groups excluding carboxylic acids is 6. The maximum Gasteiger partial charge on any atom is 0.338 e. The van der Waals surface area contributed by atoms with E-state index >= 15 is 0 Å². The Bertz CT molecular complexity index is 1280. The van der Waals surface area contributed by atoms with Crippen LogP contribution in [0.1, 0.15) is 62.5 Å². The number of carbonyl (C=O) groups is 6. The zero-order chi connectivity index (χ0) is 36.8. The summed E-state index contributed by atoms with van der Waals surface area (Å²) >= 11 is 0. The van der Waals surface area contributed by atoms with Crippen LogP contribution in [0, 0.1) is 0 Å². The Hall–Kier alpha value is -4.98. The third kappa shape index (κ3) is 23.9. The maximum absolute atomic E-state index is 11.8. The van der Waals surface area contributed by atoms with Crippen molar-refractivity contribution in [3.8, 4) is 0 Å². The van der Waals surface area contributed by atoms with Gasteiger partial charge in [0.1, 0.15) is 13.2 Å². The number of benzene rings is 2. The molecule has 2 aromatic rings. The highest BCUT2D eigenvalue weighted by Gasteiger charge is 2.10. The molecule has 2 aromatic carbocycles. The summed E-state index contributed by atoms with van der Waals surface area (Å²) in [7, 11) is 0. The van der Waals surface area contributed by atoms with E-state index in [1.165, 1.54) is 12.2 Å². The van der Waals surface area contributed by atoms with E-state index in [2.05, 4.69) is 0 Å². The van der Waals surface area contributed by atoms with Gasteiger partial charge in [-0.05, 0) is 49.0 Å². The molecule has 0 unspecified atom stereocenters. The van der Waals surface area contributed by atoms with Crippen LogP contribution in [-0.4, -0.2) is 88.7 Å². The Labute approximate surface area is 297 Å². The van der Waals surface area contributed by atoms with Crippen molar-refractivity contribution in [1.82, 2.24) is 0 Å². The molecular formula is C38H46O13. The predicted molar refractivity (Wildman–Crippen MR) is 184 cm³/mol. The van der Waals surface area contributed by atoms with Crippen molar-refractivity contribution >= 4 is 48.0 Å². The molecule has 0 saturated heterocycles. The quantitative estimate of drug-likeness (QED) is 0.0430. The van der Waals surface area contributed by atoms with Crippen molar-refractivity contribution in [3.05, 3.63) is 83.9 Å².